The van der Waals surface area contributed by atoms with E-state index in [1.54, 1.807) is 18.0 Å². The van der Waals surface area contributed by atoms with E-state index in [1.165, 1.54) is 23.5 Å². The number of aromatic nitrogens is 1. The first kappa shape index (κ1) is 13.7. The van der Waals surface area contributed by atoms with E-state index in [9.17, 15) is 9.18 Å². The molecule has 100 valence electrons. The van der Waals surface area contributed by atoms with E-state index < -0.39 is 0 Å². The van der Waals surface area contributed by atoms with Crippen LogP contribution in [0.3, 0.4) is 0 Å². The van der Waals surface area contributed by atoms with Gasteiger partial charge in [0.1, 0.15) is 10.8 Å². The molecule has 3 nitrogen and oxygen atoms in total. The van der Waals surface area contributed by atoms with Gasteiger partial charge in [0, 0.05) is 24.5 Å². The third-order valence-corrected chi connectivity index (χ3v) is 3.80. The number of benzene rings is 1. The molecule has 0 fully saturated rings. The molecular weight excluding hydrogens is 263 g/mol. The fraction of sp³-hybridized carbons (Fsp3) is 0.286. The monoisotopic (exact) mass is 278 g/mol. The van der Waals surface area contributed by atoms with Gasteiger partial charge in [0.2, 0.25) is 5.91 Å². The molecule has 2 aromatic rings. The number of thiazole rings is 1. The van der Waals surface area contributed by atoms with Gasteiger partial charge in [0.15, 0.2) is 0 Å². The van der Waals surface area contributed by atoms with Crippen molar-refractivity contribution in [3.05, 3.63) is 41.2 Å². The van der Waals surface area contributed by atoms with Crippen molar-refractivity contribution >= 4 is 17.2 Å². The molecule has 1 heterocycles. The Labute approximate surface area is 115 Å². The van der Waals surface area contributed by atoms with Gasteiger partial charge in [0.25, 0.3) is 0 Å². The van der Waals surface area contributed by atoms with Crippen molar-refractivity contribution in [1.82, 2.24) is 9.88 Å². The van der Waals surface area contributed by atoms with Gasteiger partial charge in [-0.05, 0) is 19.1 Å². The molecule has 0 aliphatic carbocycles. The third-order valence-electron chi connectivity index (χ3n) is 2.86. The van der Waals surface area contributed by atoms with Gasteiger partial charge >= 0.3 is 0 Å². The Kier molecular flexibility index (Phi) is 4.27. The summed E-state index contributed by atoms with van der Waals surface area (Å²) in [4.78, 5) is 17.8. The lowest BCUT2D eigenvalue weighted by Crippen LogP contribution is -2.27. The predicted octanol–water partition coefficient (Wildman–Crippen LogP) is 2.97. The second-order valence-corrected chi connectivity index (χ2v) is 5.10. The first-order valence-corrected chi connectivity index (χ1v) is 6.92. The van der Waals surface area contributed by atoms with Crippen LogP contribution in [0, 0.1) is 5.82 Å². The molecule has 0 spiro atoms. The number of rotatable bonds is 4. The van der Waals surface area contributed by atoms with Crippen molar-refractivity contribution < 1.29 is 9.18 Å². The number of carbonyl (C=O) groups is 1. The maximum atomic E-state index is 13.1. The number of likely N-dealkylation sites (N-methyl/N-ethyl adjacent to an activating group) is 1. The van der Waals surface area contributed by atoms with Crippen LogP contribution >= 0.6 is 11.3 Å². The highest BCUT2D eigenvalue weighted by Gasteiger charge is 2.11. The van der Waals surface area contributed by atoms with E-state index in [0.29, 0.717) is 6.54 Å². The van der Waals surface area contributed by atoms with E-state index in [0.717, 1.165) is 16.3 Å². The van der Waals surface area contributed by atoms with Crippen LogP contribution in [-0.2, 0) is 11.2 Å². The van der Waals surface area contributed by atoms with E-state index in [-0.39, 0.29) is 18.1 Å². The third kappa shape index (κ3) is 3.38. The van der Waals surface area contributed by atoms with E-state index in [2.05, 4.69) is 4.98 Å². The fourth-order valence-corrected chi connectivity index (χ4v) is 2.43. The van der Waals surface area contributed by atoms with Crippen LogP contribution in [0.15, 0.2) is 29.6 Å². The Morgan fingerprint density at radius 2 is 2.26 bits per heavy atom. The quantitative estimate of drug-likeness (QED) is 0.861. The molecule has 0 radical (unpaired) electrons. The molecule has 0 saturated carbocycles. The van der Waals surface area contributed by atoms with Crippen molar-refractivity contribution in [2.24, 2.45) is 0 Å². The van der Waals surface area contributed by atoms with Gasteiger partial charge in [-0.25, -0.2) is 9.37 Å². The first-order valence-electron chi connectivity index (χ1n) is 6.04. The molecule has 1 aromatic heterocycles. The normalized spacial score (nSPS) is 10.5. The first-order chi connectivity index (χ1) is 9.10. The van der Waals surface area contributed by atoms with E-state index >= 15 is 0 Å². The van der Waals surface area contributed by atoms with Crippen molar-refractivity contribution in [2.75, 3.05) is 13.6 Å². The zero-order chi connectivity index (χ0) is 13.8. The molecule has 0 saturated heterocycles. The highest BCUT2D eigenvalue weighted by atomic mass is 32.1. The van der Waals surface area contributed by atoms with Crippen LogP contribution in [0.1, 0.15) is 12.6 Å². The Morgan fingerprint density at radius 3 is 2.95 bits per heavy atom. The zero-order valence-electron chi connectivity index (χ0n) is 10.9. The Hall–Kier alpha value is -1.75. The summed E-state index contributed by atoms with van der Waals surface area (Å²) in [7, 11) is 1.77. The summed E-state index contributed by atoms with van der Waals surface area (Å²) in [6.07, 6.45) is 0.288. The number of carbonyl (C=O) groups excluding carboxylic acids is 1. The molecular formula is C14H15FN2OS. The van der Waals surface area contributed by atoms with Gasteiger partial charge in [-0.1, -0.05) is 12.1 Å². The van der Waals surface area contributed by atoms with Crippen LogP contribution in [0.25, 0.3) is 10.6 Å². The minimum atomic E-state index is -0.281. The summed E-state index contributed by atoms with van der Waals surface area (Å²) in [6.45, 7) is 2.61. The van der Waals surface area contributed by atoms with Crippen LogP contribution < -0.4 is 0 Å². The Balaban J connectivity index is 2.13. The molecule has 0 N–H and O–H groups in total. The molecule has 5 heteroatoms. The van der Waals surface area contributed by atoms with Crippen molar-refractivity contribution in [2.45, 2.75) is 13.3 Å². The van der Waals surface area contributed by atoms with Crippen molar-refractivity contribution in [3.8, 4) is 10.6 Å². The molecule has 0 aliphatic rings. The predicted molar refractivity (Wildman–Crippen MR) is 74.5 cm³/mol. The Bertz CT molecular complexity index is 582. The number of amides is 1. The van der Waals surface area contributed by atoms with Crippen LogP contribution in [0.2, 0.25) is 0 Å². The molecule has 0 unspecified atom stereocenters. The summed E-state index contributed by atoms with van der Waals surface area (Å²) in [6, 6.07) is 6.31. The zero-order valence-corrected chi connectivity index (χ0v) is 11.7. The highest BCUT2D eigenvalue weighted by Crippen LogP contribution is 2.24. The topological polar surface area (TPSA) is 33.2 Å². The van der Waals surface area contributed by atoms with Gasteiger partial charge in [-0.2, -0.15) is 0 Å². The molecule has 0 atom stereocenters. The smallest absolute Gasteiger partial charge is 0.228 e. The van der Waals surface area contributed by atoms with Crippen LogP contribution in [0.4, 0.5) is 4.39 Å². The average molecular weight is 278 g/mol. The fourth-order valence-electron chi connectivity index (χ4n) is 1.61. The lowest BCUT2D eigenvalue weighted by atomic mass is 10.2. The molecule has 1 amide bonds. The summed E-state index contributed by atoms with van der Waals surface area (Å²) in [5, 5.41) is 2.59. The van der Waals surface area contributed by atoms with Gasteiger partial charge in [0.05, 0.1) is 12.1 Å². The molecule has 1 aromatic carbocycles. The van der Waals surface area contributed by atoms with Crippen molar-refractivity contribution in [1.29, 1.82) is 0 Å². The average Bonchev–Trinajstić information content (AvgIpc) is 2.86. The lowest BCUT2D eigenvalue weighted by molar-refractivity contribution is -0.129. The second-order valence-electron chi connectivity index (χ2n) is 4.24. The summed E-state index contributed by atoms with van der Waals surface area (Å²) < 4.78 is 13.1. The SMILES string of the molecule is CCN(C)C(=O)Cc1csc(-c2cccc(F)c2)n1. The van der Waals surface area contributed by atoms with Crippen LogP contribution in [0.5, 0.6) is 0 Å². The second kappa shape index (κ2) is 5.93. The Morgan fingerprint density at radius 1 is 1.47 bits per heavy atom. The molecule has 0 aliphatic heterocycles. The van der Waals surface area contributed by atoms with E-state index in [1.807, 2.05) is 18.4 Å². The summed E-state index contributed by atoms with van der Waals surface area (Å²) >= 11 is 1.42. The summed E-state index contributed by atoms with van der Waals surface area (Å²) in [5.41, 5.74) is 1.47. The standard InChI is InChI=1S/C14H15FN2OS/c1-3-17(2)13(18)8-12-9-19-14(16-12)10-5-4-6-11(15)7-10/h4-7,9H,3,8H2,1-2H3. The number of hydrogen-bond acceptors (Lipinski definition) is 3. The molecule has 2 rings (SSSR count). The van der Waals surface area contributed by atoms with Crippen LogP contribution in [-0.4, -0.2) is 29.4 Å². The van der Waals surface area contributed by atoms with E-state index in [4.69, 9.17) is 0 Å². The number of hydrogen-bond donors (Lipinski definition) is 0. The maximum absolute atomic E-state index is 13.1. The molecule has 19 heavy (non-hydrogen) atoms. The number of halogens is 1. The highest BCUT2D eigenvalue weighted by molar-refractivity contribution is 7.13. The van der Waals surface area contributed by atoms with Gasteiger partial charge in [-0.15, -0.1) is 11.3 Å². The maximum Gasteiger partial charge on any atom is 0.228 e. The summed E-state index contributed by atoms with van der Waals surface area (Å²) in [5.74, 6) is -0.241. The largest absolute Gasteiger partial charge is 0.346 e. The van der Waals surface area contributed by atoms with Gasteiger partial charge < -0.3 is 4.90 Å². The number of nitrogens with zero attached hydrogens (tertiary/aromatic N) is 2. The van der Waals surface area contributed by atoms with Gasteiger partial charge in [-0.3, -0.25) is 4.79 Å². The molecule has 0 bridgehead atoms. The minimum absolute atomic E-state index is 0.0404. The minimum Gasteiger partial charge on any atom is -0.346 e. The van der Waals surface area contributed by atoms with Crippen molar-refractivity contribution in [3.63, 3.8) is 0 Å². The lowest BCUT2D eigenvalue weighted by Gasteiger charge is -2.12.